The van der Waals surface area contributed by atoms with Gasteiger partial charge in [0.25, 0.3) is 0 Å². The highest BCUT2D eigenvalue weighted by Crippen LogP contribution is 2.33. The predicted molar refractivity (Wildman–Crippen MR) is 82.8 cm³/mol. The van der Waals surface area contributed by atoms with Crippen molar-refractivity contribution < 1.29 is 4.74 Å². The smallest absolute Gasteiger partial charge is 0.0587 e. The summed E-state index contributed by atoms with van der Waals surface area (Å²) >= 11 is 1.82. The second kappa shape index (κ2) is 8.72. The van der Waals surface area contributed by atoms with Gasteiger partial charge < -0.3 is 10.1 Å². The Balaban J connectivity index is 1.75. The Labute approximate surface area is 121 Å². The maximum Gasteiger partial charge on any atom is 0.0587 e. The first-order valence-electron chi connectivity index (χ1n) is 7.61. The standard InChI is InChI=1S/C16H27NOS/c1-18-10-9-17-12-16(15-4-2-3-5-15)7-6-14-8-11-19-13-14/h8,11,13,15-17H,2-7,9-10,12H2,1H3. The summed E-state index contributed by atoms with van der Waals surface area (Å²) in [5.41, 5.74) is 1.52. The van der Waals surface area contributed by atoms with E-state index in [2.05, 4.69) is 22.1 Å². The highest BCUT2D eigenvalue weighted by molar-refractivity contribution is 7.07. The van der Waals surface area contributed by atoms with Crippen molar-refractivity contribution in [2.45, 2.75) is 38.5 Å². The minimum Gasteiger partial charge on any atom is -0.383 e. The third kappa shape index (κ3) is 5.25. The summed E-state index contributed by atoms with van der Waals surface area (Å²) in [7, 11) is 1.77. The molecule has 1 aromatic heterocycles. The number of thiophene rings is 1. The van der Waals surface area contributed by atoms with E-state index in [0.29, 0.717) is 0 Å². The van der Waals surface area contributed by atoms with Gasteiger partial charge in [-0.3, -0.25) is 0 Å². The predicted octanol–water partition coefficient (Wildman–Crippen LogP) is 3.72. The van der Waals surface area contributed by atoms with Gasteiger partial charge in [-0.05, 0) is 53.6 Å². The summed E-state index contributed by atoms with van der Waals surface area (Å²) in [5, 5.41) is 8.06. The topological polar surface area (TPSA) is 21.3 Å². The van der Waals surface area contributed by atoms with Crippen molar-refractivity contribution in [3.8, 4) is 0 Å². The Kier molecular flexibility index (Phi) is 6.90. The average Bonchev–Trinajstić information content (AvgIpc) is 3.11. The molecule has 0 amide bonds. The molecule has 3 heteroatoms. The molecule has 1 saturated carbocycles. The van der Waals surface area contributed by atoms with Gasteiger partial charge in [0.05, 0.1) is 6.61 Å². The Hall–Kier alpha value is -0.380. The molecule has 1 heterocycles. The van der Waals surface area contributed by atoms with E-state index in [1.807, 2.05) is 11.3 Å². The molecule has 0 aliphatic heterocycles. The first kappa shape index (κ1) is 15.0. The number of hydrogen-bond donors (Lipinski definition) is 1. The van der Waals surface area contributed by atoms with Crippen LogP contribution >= 0.6 is 11.3 Å². The molecule has 19 heavy (non-hydrogen) atoms. The number of ether oxygens (including phenoxy) is 1. The van der Waals surface area contributed by atoms with Crippen LogP contribution in [0, 0.1) is 11.8 Å². The first-order chi connectivity index (χ1) is 9.40. The SMILES string of the molecule is COCCNCC(CCc1ccsc1)C1CCCC1. The van der Waals surface area contributed by atoms with Crippen LogP contribution in [0.2, 0.25) is 0 Å². The van der Waals surface area contributed by atoms with Gasteiger partial charge in [0.15, 0.2) is 0 Å². The maximum atomic E-state index is 5.11. The summed E-state index contributed by atoms with van der Waals surface area (Å²) < 4.78 is 5.11. The zero-order valence-electron chi connectivity index (χ0n) is 12.1. The van der Waals surface area contributed by atoms with E-state index in [1.165, 1.54) is 44.1 Å². The van der Waals surface area contributed by atoms with Crippen LogP contribution in [0.15, 0.2) is 16.8 Å². The molecular formula is C16H27NOS. The zero-order chi connectivity index (χ0) is 13.3. The maximum absolute atomic E-state index is 5.11. The van der Waals surface area contributed by atoms with Crippen molar-refractivity contribution in [3.63, 3.8) is 0 Å². The van der Waals surface area contributed by atoms with Crippen LogP contribution in [0.4, 0.5) is 0 Å². The van der Waals surface area contributed by atoms with Gasteiger partial charge in [-0.2, -0.15) is 11.3 Å². The third-order valence-electron chi connectivity index (χ3n) is 4.34. The largest absolute Gasteiger partial charge is 0.383 e. The van der Waals surface area contributed by atoms with Crippen molar-refractivity contribution in [1.82, 2.24) is 5.32 Å². The van der Waals surface area contributed by atoms with Gasteiger partial charge in [0, 0.05) is 13.7 Å². The van der Waals surface area contributed by atoms with Gasteiger partial charge in [0.1, 0.15) is 0 Å². The molecule has 1 aliphatic carbocycles. The second-order valence-electron chi connectivity index (χ2n) is 5.67. The molecule has 0 saturated heterocycles. The average molecular weight is 281 g/mol. The Morgan fingerprint density at radius 1 is 1.42 bits per heavy atom. The molecule has 1 N–H and O–H groups in total. The van der Waals surface area contributed by atoms with Gasteiger partial charge in [-0.25, -0.2) is 0 Å². The summed E-state index contributed by atoms with van der Waals surface area (Å²) in [5.74, 6) is 1.80. The van der Waals surface area contributed by atoms with Crippen molar-refractivity contribution in [2.24, 2.45) is 11.8 Å². The van der Waals surface area contributed by atoms with Crippen LogP contribution in [0.1, 0.15) is 37.7 Å². The third-order valence-corrected chi connectivity index (χ3v) is 5.07. The lowest BCUT2D eigenvalue weighted by Gasteiger charge is -2.24. The van der Waals surface area contributed by atoms with Crippen molar-refractivity contribution in [2.75, 3.05) is 26.8 Å². The van der Waals surface area contributed by atoms with Crippen molar-refractivity contribution >= 4 is 11.3 Å². The highest BCUT2D eigenvalue weighted by atomic mass is 32.1. The number of rotatable bonds is 9. The lowest BCUT2D eigenvalue weighted by molar-refractivity contribution is 0.194. The monoisotopic (exact) mass is 281 g/mol. The minimum atomic E-state index is 0.821. The number of nitrogens with one attached hydrogen (secondary N) is 1. The van der Waals surface area contributed by atoms with E-state index in [0.717, 1.165) is 31.5 Å². The van der Waals surface area contributed by atoms with E-state index >= 15 is 0 Å². The van der Waals surface area contributed by atoms with E-state index in [1.54, 1.807) is 7.11 Å². The fourth-order valence-electron chi connectivity index (χ4n) is 3.18. The van der Waals surface area contributed by atoms with Crippen LogP contribution in [0.25, 0.3) is 0 Å². The van der Waals surface area contributed by atoms with Crippen LogP contribution in [0.3, 0.4) is 0 Å². The number of methoxy groups -OCH3 is 1. The molecule has 1 aromatic rings. The lowest BCUT2D eigenvalue weighted by atomic mass is 9.86. The van der Waals surface area contributed by atoms with Gasteiger partial charge >= 0.3 is 0 Å². The fourth-order valence-corrected chi connectivity index (χ4v) is 3.89. The first-order valence-corrected chi connectivity index (χ1v) is 8.55. The van der Waals surface area contributed by atoms with Gasteiger partial charge in [-0.15, -0.1) is 0 Å². The Morgan fingerprint density at radius 3 is 2.95 bits per heavy atom. The second-order valence-corrected chi connectivity index (χ2v) is 6.45. The van der Waals surface area contributed by atoms with Crippen molar-refractivity contribution in [1.29, 1.82) is 0 Å². The van der Waals surface area contributed by atoms with Crippen LogP contribution < -0.4 is 5.32 Å². The molecule has 0 aromatic carbocycles. The molecule has 1 unspecified atom stereocenters. The number of hydrogen-bond acceptors (Lipinski definition) is 3. The summed E-state index contributed by atoms with van der Waals surface area (Å²) in [6.45, 7) is 2.97. The molecular weight excluding hydrogens is 254 g/mol. The molecule has 1 fully saturated rings. The van der Waals surface area contributed by atoms with Crippen LogP contribution in [-0.2, 0) is 11.2 Å². The molecule has 1 atom stereocenters. The Morgan fingerprint density at radius 2 is 2.26 bits per heavy atom. The molecule has 2 rings (SSSR count). The molecule has 0 spiro atoms. The fraction of sp³-hybridized carbons (Fsp3) is 0.750. The molecule has 108 valence electrons. The highest BCUT2D eigenvalue weighted by Gasteiger charge is 2.24. The van der Waals surface area contributed by atoms with Crippen molar-refractivity contribution in [3.05, 3.63) is 22.4 Å². The summed E-state index contributed by atoms with van der Waals surface area (Å²) in [6, 6.07) is 2.27. The molecule has 1 aliphatic rings. The van der Waals surface area contributed by atoms with E-state index in [9.17, 15) is 0 Å². The van der Waals surface area contributed by atoms with Crippen LogP contribution in [0.5, 0.6) is 0 Å². The van der Waals surface area contributed by atoms with Gasteiger partial charge in [-0.1, -0.05) is 25.7 Å². The van der Waals surface area contributed by atoms with E-state index in [-0.39, 0.29) is 0 Å². The number of aryl methyl sites for hydroxylation is 1. The van der Waals surface area contributed by atoms with Gasteiger partial charge in [0.2, 0.25) is 0 Å². The van der Waals surface area contributed by atoms with Crippen LogP contribution in [-0.4, -0.2) is 26.8 Å². The quantitative estimate of drug-likeness (QED) is 0.697. The van der Waals surface area contributed by atoms with E-state index < -0.39 is 0 Å². The normalized spacial score (nSPS) is 17.9. The lowest BCUT2D eigenvalue weighted by Crippen LogP contribution is -2.30. The summed E-state index contributed by atoms with van der Waals surface area (Å²) in [6.07, 6.45) is 8.36. The summed E-state index contributed by atoms with van der Waals surface area (Å²) in [4.78, 5) is 0. The molecule has 0 radical (unpaired) electrons. The molecule has 0 bridgehead atoms. The Bertz CT molecular complexity index is 319. The minimum absolute atomic E-state index is 0.821. The van der Waals surface area contributed by atoms with E-state index in [4.69, 9.17) is 4.74 Å². The molecule has 2 nitrogen and oxygen atoms in total. The zero-order valence-corrected chi connectivity index (χ0v) is 12.9.